The predicted molar refractivity (Wildman–Crippen MR) is 129 cm³/mol. The molecule has 1 aliphatic carbocycles. The van der Waals surface area contributed by atoms with Gasteiger partial charge in [0.1, 0.15) is 18.4 Å². The topological polar surface area (TPSA) is 106 Å². The molecule has 1 heterocycles. The van der Waals surface area contributed by atoms with Gasteiger partial charge in [0, 0.05) is 36.7 Å². The van der Waals surface area contributed by atoms with Gasteiger partial charge in [-0.05, 0) is 49.6 Å². The van der Waals surface area contributed by atoms with Gasteiger partial charge in [-0.15, -0.1) is 0 Å². The molecule has 0 aliphatic heterocycles. The van der Waals surface area contributed by atoms with Crippen molar-refractivity contribution in [2.75, 3.05) is 25.5 Å². The molecule has 170 valence electrons. The number of carbonyl (C=O) groups is 1. The van der Waals surface area contributed by atoms with Crippen molar-refractivity contribution in [1.82, 2.24) is 15.0 Å². The molecule has 0 radical (unpaired) electrons. The minimum atomic E-state index is 0.0779. The molecule has 3 N–H and O–H groups in total. The number of hydrazine groups is 1. The Kier molecular flexibility index (Phi) is 6.61. The number of nitriles is 1. The van der Waals surface area contributed by atoms with E-state index in [0.717, 1.165) is 40.7 Å². The van der Waals surface area contributed by atoms with Crippen molar-refractivity contribution in [3.8, 4) is 23.1 Å². The molecule has 0 saturated heterocycles. The van der Waals surface area contributed by atoms with Gasteiger partial charge in [-0.3, -0.25) is 15.2 Å². The number of aromatic nitrogens is 1. The minimum absolute atomic E-state index is 0.0779. The molecule has 1 saturated carbocycles. The fraction of sp³-hybridized carbons (Fsp3) is 0.320. The quantitative estimate of drug-likeness (QED) is 0.249. The van der Waals surface area contributed by atoms with Crippen LogP contribution in [0.5, 0.6) is 5.75 Å². The number of hydrogen-bond donors (Lipinski definition) is 3. The summed E-state index contributed by atoms with van der Waals surface area (Å²) in [5.74, 6) is 0.944. The second-order valence-electron chi connectivity index (χ2n) is 7.99. The first kappa shape index (κ1) is 22.4. The van der Waals surface area contributed by atoms with E-state index in [1.807, 2.05) is 42.5 Å². The van der Waals surface area contributed by atoms with Crippen molar-refractivity contribution in [2.24, 2.45) is 5.92 Å². The van der Waals surface area contributed by atoms with Crippen LogP contribution in [-0.2, 0) is 11.3 Å². The van der Waals surface area contributed by atoms with E-state index in [-0.39, 0.29) is 11.8 Å². The summed E-state index contributed by atoms with van der Waals surface area (Å²) >= 11 is 0. The van der Waals surface area contributed by atoms with Crippen LogP contribution < -0.4 is 15.5 Å². The fourth-order valence-corrected chi connectivity index (χ4v) is 3.96. The molecule has 0 unspecified atom stereocenters. The number of fused-ring (bicyclic) bond motifs is 1. The number of ether oxygens (including phenoxy) is 1. The smallest absolute Gasteiger partial charge is 0.227 e. The van der Waals surface area contributed by atoms with Gasteiger partial charge in [0.15, 0.2) is 0 Å². The van der Waals surface area contributed by atoms with Gasteiger partial charge in [-0.25, -0.2) is 5.43 Å². The standard InChI is InChI=1S/C25H28N6O2/c1-3-31-23-14-20(33-13-12-30(16-27)28-2)10-11-21(23)22(15-26)24(31)17-6-8-19(9-7-17)29-25(32)18-4-5-18/h6-11,14,16,18,27-28H,3-5,12-13H2,1-2H3,(H,29,32). The zero-order valence-electron chi connectivity index (χ0n) is 18.9. The maximum Gasteiger partial charge on any atom is 0.227 e. The van der Waals surface area contributed by atoms with Gasteiger partial charge >= 0.3 is 0 Å². The molecule has 0 bridgehead atoms. The Morgan fingerprint density at radius 2 is 2.06 bits per heavy atom. The van der Waals surface area contributed by atoms with Crippen LogP contribution >= 0.6 is 0 Å². The van der Waals surface area contributed by atoms with Gasteiger partial charge in [-0.1, -0.05) is 12.1 Å². The number of hydrogen-bond acceptors (Lipinski definition) is 5. The first-order valence-corrected chi connectivity index (χ1v) is 11.1. The number of aryl methyl sites for hydroxylation is 1. The molecule has 1 amide bonds. The lowest BCUT2D eigenvalue weighted by Crippen LogP contribution is -2.36. The van der Waals surface area contributed by atoms with Gasteiger partial charge in [0.05, 0.1) is 29.7 Å². The van der Waals surface area contributed by atoms with Crippen molar-refractivity contribution in [3.63, 3.8) is 0 Å². The number of carbonyl (C=O) groups excluding carboxylic acids is 1. The fourth-order valence-electron chi connectivity index (χ4n) is 3.96. The van der Waals surface area contributed by atoms with Gasteiger partial charge in [0.25, 0.3) is 0 Å². The zero-order valence-corrected chi connectivity index (χ0v) is 18.9. The van der Waals surface area contributed by atoms with Crippen LogP contribution in [0.25, 0.3) is 22.2 Å². The Labute approximate surface area is 193 Å². The highest BCUT2D eigenvalue weighted by Crippen LogP contribution is 2.36. The lowest BCUT2D eigenvalue weighted by molar-refractivity contribution is -0.117. The van der Waals surface area contributed by atoms with Crippen molar-refractivity contribution >= 4 is 28.8 Å². The van der Waals surface area contributed by atoms with E-state index >= 15 is 0 Å². The van der Waals surface area contributed by atoms with E-state index in [1.54, 1.807) is 12.1 Å². The first-order chi connectivity index (χ1) is 16.1. The SMILES string of the molecule is CCn1c(-c2ccc(NC(=O)C3CC3)cc2)c(C#N)c2ccc(OCCN(C=N)NC)cc21. The molecule has 8 heteroatoms. The van der Waals surface area contributed by atoms with Crippen LogP contribution in [0.2, 0.25) is 0 Å². The highest BCUT2D eigenvalue weighted by Gasteiger charge is 2.29. The van der Waals surface area contributed by atoms with E-state index < -0.39 is 0 Å². The average Bonchev–Trinajstić information content (AvgIpc) is 3.64. The molecule has 1 aliphatic rings. The molecule has 4 rings (SSSR count). The molecular formula is C25H28N6O2. The Morgan fingerprint density at radius 3 is 2.67 bits per heavy atom. The molecule has 0 spiro atoms. The summed E-state index contributed by atoms with van der Waals surface area (Å²) in [6.07, 6.45) is 3.14. The van der Waals surface area contributed by atoms with Crippen LogP contribution in [0.3, 0.4) is 0 Å². The average molecular weight is 445 g/mol. The molecule has 1 fully saturated rings. The second-order valence-corrected chi connectivity index (χ2v) is 7.99. The molecule has 1 aromatic heterocycles. The Morgan fingerprint density at radius 1 is 1.30 bits per heavy atom. The third-order valence-corrected chi connectivity index (χ3v) is 5.88. The molecule has 0 atom stereocenters. The van der Waals surface area contributed by atoms with E-state index in [1.165, 1.54) is 6.34 Å². The predicted octanol–water partition coefficient (Wildman–Crippen LogP) is 3.97. The highest BCUT2D eigenvalue weighted by molar-refractivity contribution is 5.96. The van der Waals surface area contributed by atoms with Crippen LogP contribution in [0.1, 0.15) is 25.3 Å². The van der Waals surface area contributed by atoms with Crippen molar-refractivity contribution in [1.29, 1.82) is 10.7 Å². The van der Waals surface area contributed by atoms with E-state index in [9.17, 15) is 10.1 Å². The highest BCUT2D eigenvalue weighted by atomic mass is 16.5. The monoisotopic (exact) mass is 444 g/mol. The Hall–Kier alpha value is -3.83. The summed E-state index contributed by atoms with van der Waals surface area (Å²) in [4.78, 5) is 12.0. The lowest BCUT2D eigenvalue weighted by Gasteiger charge is -2.17. The largest absolute Gasteiger partial charge is 0.492 e. The summed E-state index contributed by atoms with van der Waals surface area (Å²) in [5, 5.41) is 22.8. The van der Waals surface area contributed by atoms with Crippen LogP contribution in [0.4, 0.5) is 5.69 Å². The van der Waals surface area contributed by atoms with Gasteiger partial charge < -0.3 is 14.6 Å². The van der Waals surface area contributed by atoms with Crippen LogP contribution in [0, 0.1) is 22.7 Å². The molecule has 3 aromatic rings. The lowest BCUT2D eigenvalue weighted by atomic mass is 10.1. The summed E-state index contributed by atoms with van der Waals surface area (Å²) in [5.41, 5.74) is 7.00. The molecule has 33 heavy (non-hydrogen) atoms. The number of amides is 1. The Bertz CT molecular complexity index is 1200. The van der Waals surface area contributed by atoms with E-state index in [4.69, 9.17) is 10.1 Å². The Balaban J connectivity index is 1.62. The second kappa shape index (κ2) is 9.76. The van der Waals surface area contributed by atoms with E-state index in [0.29, 0.717) is 31.0 Å². The van der Waals surface area contributed by atoms with Crippen molar-refractivity contribution in [2.45, 2.75) is 26.3 Å². The molecule has 2 aromatic carbocycles. The normalized spacial score (nSPS) is 12.9. The third-order valence-electron chi connectivity index (χ3n) is 5.88. The first-order valence-electron chi connectivity index (χ1n) is 11.1. The van der Waals surface area contributed by atoms with Crippen LogP contribution in [0.15, 0.2) is 42.5 Å². The molecular weight excluding hydrogens is 416 g/mol. The van der Waals surface area contributed by atoms with Crippen LogP contribution in [-0.4, -0.2) is 42.0 Å². The van der Waals surface area contributed by atoms with Gasteiger partial charge in [0.2, 0.25) is 5.91 Å². The summed E-state index contributed by atoms with van der Waals surface area (Å²) in [7, 11) is 1.75. The van der Waals surface area contributed by atoms with Gasteiger partial charge in [-0.2, -0.15) is 5.26 Å². The zero-order chi connectivity index (χ0) is 23.4. The summed E-state index contributed by atoms with van der Waals surface area (Å²) in [6, 6.07) is 15.8. The maximum absolute atomic E-state index is 12.0. The van der Waals surface area contributed by atoms with E-state index in [2.05, 4.69) is 28.3 Å². The minimum Gasteiger partial charge on any atom is -0.492 e. The number of nitrogens with one attached hydrogen (secondary N) is 3. The number of rotatable bonds is 10. The van der Waals surface area contributed by atoms with Crippen molar-refractivity contribution < 1.29 is 9.53 Å². The number of benzene rings is 2. The number of anilines is 1. The maximum atomic E-state index is 12.0. The summed E-state index contributed by atoms with van der Waals surface area (Å²) < 4.78 is 8.01. The summed E-state index contributed by atoms with van der Waals surface area (Å²) in [6.45, 7) is 3.70. The molecule has 8 nitrogen and oxygen atoms in total. The third kappa shape index (κ3) is 4.69. The number of nitrogens with zero attached hydrogens (tertiary/aromatic N) is 3. The van der Waals surface area contributed by atoms with Crippen molar-refractivity contribution in [3.05, 3.63) is 48.0 Å².